The van der Waals surface area contributed by atoms with Crippen LogP contribution in [0, 0.1) is 0 Å². The van der Waals surface area contributed by atoms with Crippen LogP contribution >= 0.6 is 11.3 Å². The van der Waals surface area contributed by atoms with Crippen molar-refractivity contribution in [1.82, 2.24) is 24.6 Å². The van der Waals surface area contributed by atoms with Gasteiger partial charge in [-0.15, -0.1) is 21.5 Å². The number of nitrogen functional groups attached to an aromatic ring is 1. The summed E-state index contributed by atoms with van der Waals surface area (Å²) in [5, 5.41) is 10.4. The largest absolute Gasteiger partial charge is 0.375 e. The monoisotopic (exact) mass is 218 g/mol. The van der Waals surface area contributed by atoms with E-state index in [1.165, 1.54) is 11.3 Å². The first-order valence-electron chi connectivity index (χ1n) is 4.21. The van der Waals surface area contributed by atoms with Crippen molar-refractivity contribution in [3.05, 3.63) is 24.0 Å². The molecule has 0 saturated carbocycles. The fraction of sp³-hybridized carbons (Fsp3) is 0. The first kappa shape index (κ1) is 8.30. The zero-order valence-electron chi connectivity index (χ0n) is 7.53. The van der Waals surface area contributed by atoms with E-state index in [1.807, 2.05) is 5.38 Å². The summed E-state index contributed by atoms with van der Waals surface area (Å²) >= 11 is 1.38. The predicted molar refractivity (Wildman–Crippen MR) is 56.3 cm³/mol. The predicted octanol–water partition coefficient (Wildman–Crippen LogP) is 0.830. The molecule has 74 valence electrons. The molecule has 15 heavy (non-hydrogen) atoms. The molecule has 3 aromatic rings. The van der Waals surface area contributed by atoms with Crippen molar-refractivity contribution in [1.29, 1.82) is 0 Å². The standard InChI is InChI=1S/C8H6N6S/c9-8-11-5(3-15-8)7-13-12-6-1-2-10-4-14(6)7/h1-4H,(H2,9,11). The Bertz CT molecular complexity index is 612. The molecule has 7 heteroatoms. The van der Waals surface area contributed by atoms with E-state index >= 15 is 0 Å². The van der Waals surface area contributed by atoms with Gasteiger partial charge in [-0.25, -0.2) is 9.97 Å². The van der Waals surface area contributed by atoms with Crippen molar-refractivity contribution in [2.24, 2.45) is 0 Å². The lowest BCUT2D eigenvalue weighted by molar-refractivity contribution is 1.07. The lowest BCUT2D eigenvalue weighted by Crippen LogP contribution is -1.91. The van der Waals surface area contributed by atoms with Gasteiger partial charge in [-0.2, -0.15) is 0 Å². The molecule has 0 aromatic carbocycles. The number of nitrogens with two attached hydrogens (primary N) is 1. The van der Waals surface area contributed by atoms with Crippen molar-refractivity contribution < 1.29 is 0 Å². The molecular formula is C8H6N6S. The van der Waals surface area contributed by atoms with Gasteiger partial charge in [0.15, 0.2) is 16.6 Å². The topological polar surface area (TPSA) is 82.0 Å². The lowest BCUT2D eigenvalue weighted by Gasteiger charge is -1.93. The van der Waals surface area contributed by atoms with Crippen LogP contribution in [0.1, 0.15) is 0 Å². The highest BCUT2D eigenvalue weighted by atomic mass is 32.1. The second-order valence-electron chi connectivity index (χ2n) is 2.90. The van der Waals surface area contributed by atoms with Gasteiger partial charge in [0.25, 0.3) is 0 Å². The summed E-state index contributed by atoms with van der Waals surface area (Å²) in [4.78, 5) is 8.15. The molecule has 0 saturated heterocycles. The number of thiazole rings is 1. The average molecular weight is 218 g/mol. The minimum absolute atomic E-state index is 0.519. The van der Waals surface area contributed by atoms with Crippen molar-refractivity contribution in [3.63, 3.8) is 0 Å². The lowest BCUT2D eigenvalue weighted by atomic mass is 10.4. The molecule has 0 fully saturated rings. The van der Waals surface area contributed by atoms with E-state index in [-0.39, 0.29) is 0 Å². The van der Waals surface area contributed by atoms with Crippen LogP contribution in [-0.2, 0) is 0 Å². The van der Waals surface area contributed by atoms with Crippen LogP contribution in [0.2, 0.25) is 0 Å². The number of anilines is 1. The third-order valence-electron chi connectivity index (χ3n) is 1.97. The molecule has 0 radical (unpaired) electrons. The average Bonchev–Trinajstić information content (AvgIpc) is 2.83. The Kier molecular flexibility index (Phi) is 1.65. The summed E-state index contributed by atoms with van der Waals surface area (Å²) < 4.78 is 1.77. The number of hydrogen-bond donors (Lipinski definition) is 1. The highest BCUT2D eigenvalue weighted by Crippen LogP contribution is 2.21. The van der Waals surface area contributed by atoms with Gasteiger partial charge in [-0.3, -0.25) is 4.40 Å². The molecule has 0 bridgehead atoms. The van der Waals surface area contributed by atoms with E-state index in [9.17, 15) is 0 Å². The fourth-order valence-corrected chi connectivity index (χ4v) is 1.85. The van der Waals surface area contributed by atoms with Gasteiger partial charge in [-0.1, -0.05) is 0 Å². The van der Waals surface area contributed by atoms with E-state index in [0.29, 0.717) is 11.0 Å². The van der Waals surface area contributed by atoms with E-state index < -0.39 is 0 Å². The third-order valence-corrected chi connectivity index (χ3v) is 2.64. The first-order chi connectivity index (χ1) is 7.34. The fourth-order valence-electron chi connectivity index (χ4n) is 1.31. The molecule has 3 heterocycles. The smallest absolute Gasteiger partial charge is 0.189 e. The van der Waals surface area contributed by atoms with Gasteiger partial charge >= 0.3 is 0 Å². The Balaban J connectivity index is 2.27. The van der Waals surface area contributed by atoms with Crippen molar-refractivity contribution in [3.8, 4) is 11.5 Å². The second-order valence-corrected chi connectivity index (χ2v) is 3.79. The SMILES string of the molecule is Nc1nc(-c2nnc3ccncn23)cs1. The molecule has 0 amide bonds. The molecule has 0 atom stereocenters. The molecule has 6 nitrogen and oxygen atoms in total. The zero-order chi connectivity index (χ0) is 10.3. The third kappa shape index (κ3) is 1.24. The Morgan fingerprint density at radius 1 is 1.33 bits per heavy atom. The van der Waals surface area contributed by atoms with Gasteiger partial charge in [-0.05, 0) is 0 Å². The minimum atomic E-state index is 0.519. The van der Waals surface area contributed by atoms with Crippen LogP contribution < -0.4 is 5.73 Å². The Hall–Kier alpha value is -2.02. The summed E-state index contributed by atoms with van der Waals surface area (Å²) in [5.41, 5.74) is 7.03. The van der Waals surface area contributed by atoms with Crippen LogP contribution in [0.3, 0.4) is 0 Å². The number of hydrogen-bond acceptors (Lipinski definition) is 6. The maximum Gasteiger partial charge on any atom is 0.189 e. The summed E-state index contributed by atoms with van der Waals surface area (Å²) in [5.74, 6) is 0.658. The minimum Gasteiger partial charge on any atom is -0.375 e. The van der Waals surface area contributed by atoms with Crippen LogP contribution in [0.5, 0.6) is 0 Å². The maximum atomic E-state index is 5.56. The first-order valence-corrected chi connectivity index (χ1v) is 5.09. The van der Waals surface area contributed by atoms with Crippen LogP contribution in [0.4, 0.5) is 5.13 Å². The summed E-state index contributed by atoms with van der Waals surface area (Å²) in [6, 6.07) is 1.78. The molecule has 0 unspecified atom stereocenters. The van der Waals surface area contributed by atoms with E-state index in [2.05, 4.69) is 20.2 Å². The van der Waals surface area contributed by atoms with E-state index in [4.69, 9.17) is 5.73 Å². The molecule has 3 rings (SSSR count). The molecular weight excluding hydrogens is 212 g/mol. The van der Waals surface area contributed by atoms with Gasteiger partial charge < -0.3 is 5.73 Å². The summed E-state index contributed by atoms with van der Waals surface area (Å²) in [7, 11) is 0. The molecule has 2 N–H and O–H groups in total. The maximum absolute atomic E-state index is 5.56. The summed E-state index contributed by atoms with van der Waals surface area (Å²) in [6.07, 6.45) is 3.32. The number of aromatic nitrogens is 5. The number of nitrogens with zero attached hydrogens (tertiary/aromatic N) is 5. The van der Waals surface area contributed by atoms with E-state index in [1.54, 1.807) is 23.0 Å². The van der Waals surface area contributed by atoms with Gasteiger partial charge in [0, 0.05) is 17.6 Å². The number of rotatable bonds is 1. The Labute approximate surface area is 88.4 Å². The van der Waals surface area contributed by atoms with Gasteiger partial charge in [0.05, 0.1) is 0 Å². The quantitative estimate of drug-likeness (QED) is 0.654. The Morgan fingerprint density at radius 3 is 3.07 bits per heavy atom. The second kappa shape index (κ2) is 2.99. The Morgan fingerprint density at radius 2 is 2.27 bits per heavy atom. The number of fused-ring (bicyclic) bond motifs is 1. The van der Waals surface area contributed by atoms with Crippen molar-refractivity contribution in [2.45, 2.75) is 0 Å². The molecule has 0 aliphatic heterocycles. The van der Waals surface area contributed by atoms with E-state index in [0.717, 1.165) is 11.3 Å². The molecule has 0 aliphatic rings. The van der Waals surface area contributed by atoms with Crippen molar-refractivity contribution >= 4 is 22.1 Å². The van der Waals surface area contributed by atoms with Crippen LogP contribution in [0.15, 0.2) is 24.0 Å². The molecule has 0 aliphatic carbocycles. The highest BCUT2D eigenvalue weighted by molar-refractivity contribution is 7.13. The van der Waals surface area contributed by atoms with Crippen LogP contribution in [-0.4, -0.2) is 24.6 Å². The highest BCUT2D eigenvalue weighted by Gasteiger charge is 2.10. The van der Waals surface area contributed by atoms with Gasteiger partial charge in [0.2, 0.25) is 0 Å². The van der Waals surface area contributed by atoms with Gasteiger partial charge in [0.1, 0.15) is 12.0 Å². The van der Waals surface area contributed by atoms with Crippen molar-refractivity contribution in [2.75, 3.05) is 5.73 Å². The molecule has 3 aromatic heterocycles. The zero-order valence-corrected chi connectivity index (χ0v) is 8.35. The molecule has 0 spiro atoms. The van der Waals surface area contributed by atoms with Crippen LogP contribution in [0.25, 0.3) is 17.2 Å². The normalized spacial score (nSPS) is 10.9. The summed E-state index contributed by atoms with van der Waals surface area (Å²) in [6.45, 7) is 0.